The van der Waals surface area contributed by atoms with E-state index in [1.807, 2.05) is 32.9 Å². The number of hydrogen-bond donors (Lipinski definition) is 1. The number of aromatic amines is 1. The zero-order valence-corrected chi connectivity index (χ0v) is 19.0. The summed E-state index contributed by atoms with van der Waals surface area (Å²) in [5, 5.41) is 7.93. The van der Waals surface area contributed by atoms with Gasteiger partial charge in [0.15, 0.2) is 0 Å². The monoisotopic (exact) mass is 450 g/mol. The van der Waals surface area contributed by atoms with Crippen LogP contribution in [0.3, 0.4) is 0 Å². The van der Waals surface area contributed by atoms with Crippen LogP contribution in [0.5, 0.6) is 0 Å². The number of hydrogen-bond acceptors (Lipinski definition) is 4. The summed E-state index contributed by atoms with van der Waals surface area (Å²) in [6, 6.07) is 11.4. The van der Waals surface area contributed by atoms with Gasteiger partial charge in [-0.15, -0.1) is 0 Å². The summed E-state index contributed by atoms with van der Waals surface area (Å²) >= 11 is 0. The van der Waals surface area contributed by atoms with Crippen LogP contribution >= 0.6 is 0 Å². The topological polar surface area (TPSA) is 86.4 Å². The summed E-state index contributed by atoms with van der Waals surface area (Å²) < 4.78 is 14.7. The molecule has 1 aromatic heterocycles. The lowest BCUT2D eigenvalue weighted by Crippen LogP contribution is -2.56. The average molecular weight is 451 g/mol. The molecule has 8 heteroatoms. The maximum absolute atomic E-state index is 14.7. The molecule has 33 heavy (non-hydrogen) atoms. The number of fused-ring (bicyclic) bond motifs is 1. The van der Waals surface area contributed by atoms with Crippen molar-refractivity contribution in [1.82, 2.24) is 20.0 Å². The summed E-state index contributed by atoms with van der Waals surface area (Å²) in [6.07, 6.45) is 0.337. The third-order valence-electron chi connectivity index (χ3n) is 6.10. The quantitative estimate of drug-likeness (QED) is 0.662. The van der Waals surface area contributed by atoms with E-state index in [1.165, 1.54) is 6.07 Å². The van der Waals surface area contributed by atoms with Gasteiger partial charge in [-0.25, -0.2) is 9.49 Å². The highest BCUT2D eigenvalue weighted by atomic mass is 19.1. The van der Waals surface area contributed by atoms with Crippen LogP contribution in [0.15, 0.2) is 47.3 Å². The van der Waals surface area contributed by atoms with Crippen molar-refractivity contribution in [3.8, 4) is 0 Å². The lowest BCUT2D eigenvalue weighted by Gasteiger charge is -2.40. The van der Waals surface area contributed by atoms with E-state index in [2.05, 4.69) is 10.2 Å². The van der Waals surface area contributed by atoms with Crippen molar-refractivity contribution >= 4 is 22.6 Å². The number of aromatic nitrogens is 2. The van der Waals surface area contributed by atoms with Crippen LogP contribution in [0.1, 0.15) is 42.4 Å². The Morgan fingerprint density at radius 3 is 2.58 bits per heavy atom. The van der Waals surface area contributed by atoms with Gasteiger partial charge < -0.3 is 9.80 Å². The van der Waals surface area contributed by atoms with Gasteiger partial charge in [0, 0.05) is 43.4 Å². The van der Waals surface area contributed by atoms with Gasteiger partial charge in [0.2, 0.25) is 5.91 Å². The molecule has 2 heterocycles. The minimum atomic E-state index is -0.587. The van der Waals surface area contributed by atoms with E-state index >= 15 is 0 Å². The molecular weight excluding hydrogens is 423 g/mol. The number of H-pyrrole nitrogens is 1. The Hall–Kier alpha value is -3.55. The van der Waals surface area contributed by atoms with Crippen LogP contribution in [-0.2, 0) is 11.2 Å². The standard InChI is InChI=1S/C25H27FN4O3/c1-15(2)24(32)29-10-11-30(16(3)14-29)25(33)20-12-17(8-9-21(20)26)13-22-18-6-4-5-7-19(18)23(31)28-27-22/h4-9,12,15-16H,10-11,13-14H2,1-3H3,(H,28,31)/t16-/m0/s1. The number of nitrogens with one attached hydrogen (secondary N) is 1. The first-order valence-electron chi connectivity index (χ1n) is 11.1. The van der Waals surface area contributed by atoms with Crippen LogP contribution in [0.4, 0.5) is 4.39 Å². The molecule has 1 aliphatic heterocycles. The molecule has 1 saturated heterocycles. The first-order chi connectivity index (χ1) is 15.8. The zero-order valence-electron chi connectivity index (χ0n) is 19.0. The van der Waals surface area contributed by atoms with E-state index in [1.54, 1.807) is 34.1 Å². The molecule has 0 unspecified atom stereocenters. The van der Waals surface area contributed by atoms with Crippen LogP contribution in [0, 0.1) is 11.7 Å². The SMILES string of the molecule is CC(C)C(=O)N1CCN(C(=O)c2cc(Cc3n[nH]c(=O)c4ccccc34)ccc2F)[C@@H](C)C1. The first-order valence-corrected chi connectivity index (χ1v) is 11.1. The predicted octanol–water partition coefficient (Wildman–Crippen LogP) is 2.98. The van der Waals surface area contributed by atoms with E-state index in [0.29, 0.717) is 42.7 Å². The van der Waals surface area contributed by atoms with Gasteiger partial charge >= 0.3 is 0 Å². The summed E-state index contributed by atoms with van der Waals surface area (Å²) in [5.41, 5.74) is 1.08. The van der Waals surface area contributed by atoms with Crippen molar-refractivity contribution in [3.05, 3.63) is 75.5 Å². The lowest BCUT2D eigenvalue weighted by molar-refractivity contribution is -0.136. The second-order valence-corrected chi connectivity index (χ2v) is 8.82. The van der Waals surface area contributed by atoms with Crippen LogP contribution in [-0.4, -0.2) is 57.5 Å². The molecule has 1 aliphatic rings. The summed E-state index contributed by atoms with van der Waals surface area (Å²) in [5.74, 6) is -1.03. The number of carbonyl (C=O) groups excluding carboxylic acids is 2. The molecule has 1 atom stereocenters. The largest absolute Gasteiger partial charge is 0.339 e. The van der Waals surface area contributed by atoms with Gasteiger partial charge in [0.1, 0.15) is 5.82 Å². The number of benzene rings is 2. The van der Waals surface area contributed by atoms with E-state index in [-0.39, 0.29) is 29.0 Å². The molecule has 0 saturated carbocycles. The number of amides is 2. The van der Waals surface area contributed by atoms with Crippen molar-refractivity contribution in [3.63, 3.8) is 0 Å². The van der Waals surface area contributed by atoms with Crippen molar-refractivity contribution in [1.29, 1.82) is 0 Å². The highest BCUT2D eigenvalue weighted by molar-refractivity contribution is 5.95. The minimum Gasteiger partial charge on any atom is -0.339 e. The lowest BCUT2D eigenvalue weighted by atomic mass is 10.0. The number of carbonyl (C=O) groups is 2. The Labute approximate surface area is 191 Å². The van der Waals surface area contributed by atoms with Gasteiger partial charge in [0.25, 0.3) is 11.5 Å². The Morgan fingerprint density at radius 1 is 1.15 bits per heavy atom. The fourth-order valence-corrected chi connectivity index (χ4v) is 4.33. The zero-order chi connectivity index (χ0) is 23.7. The van der Waals surface area contributed by atoms with Gasteiger partial charge in [0.05, 0.1) is 16.6 Å². The Balaban J connectivity index is 1.57. The molecule has 4 rings (SSSR count). The Kier molecular flexibility index (Phi) is 6.26. The highest BCUT2D eigenvalue weighted by Gasteiger charge is 2.32. The third kappa shape index (κ3) is 4.51. The third-order valence-corrected chi connectivity index (χ3v) is 6.10. The molecule has 0 aliphatic carbocycles. The van der Waals surface area contributed by atoms with Gasteiger partial charge in [-0.05, 0) is 30.7 Å². The normalized spacial score (nSPS) is 16.5. The van der Waals surface area contributed by atoms with Crippen LogP contribution in [0.2, 0.25) is 0 Å². The Bertz CT molecular complexity index is 1270. The number of nitrogens with zero attached hydrogens (tertiary/aromatic N) is 3. The van der Waals surface area contributed by atoms with Gasteiger partial charge in [-0.1, -0.05) is 38.1 Å². The second-order valence-electron chi connectivity index (χ2n) is 8.82. The maximum atomic E-state index is 14.7. The molecule has 2 amide bonds. The van der Waals surface area contributed by atoms with E-state index in [0.717, 1.165) is 5.39 Å². The minimum absolute atomic E-state index is 0.00304. The molecule has 172 valence electrons. The van der Waals surface area contributed by atoms with Crippen LogP contribution in [0.25, 0.3) is 10.8 Å². The average Bonchev–Trinajstić information content (AvgIpc) is 2.81. The smallest absolute Gasteiger partial charge is 0.272 e. The van der Waals surface area contributed by atoms with Crippen molar-refractivity contribution in [2.24, 2.45) is 5.92 Å². The summed E-state index contributed by atoms with van der Waals surface area (Å²) in [7, 11) is 0. The van der Waals surface area contributed by atoms with Crippen molar-refractivity contribution in [2.75, 3.05) is 19.6 Å². The highest BCUT2D eigenvalue weighted by Crippen LogP contribution is 2.21. The molecule has 2 aromatic carbocycles. The number of halogens is 1. The molecule has 1 N–H and O–H groups in total. The van der Waals surface area contributed by atoms with E-state index < -0.39 is 11.7 Å². The molecular formula is C25H27FN4O3. The van der Waals surface area contributed by atoms with Gasteiger partial charge in [-0.3, -0.25) is 14.4 Å². The fourth-order valence-electron chi connectivity index (χ4n) is 4.33. The van der Waals surface area contributed by atoms with E-state index in [4.69, 9.17) is 0 Å². The maximum Gasteiger partial charge on any atom is 0.272 e. The van der Waals surface area contributed by atoms with E-state index in [9.17, 15) is 18.8 Å². The van der Waals surface area contributed by atoms with Crippen LogP contribution < -0.4 is 5.56 Å². The Morgan fingerprint density at radius 2 is 1.88 bits per heavy atom. The molecule has 3 aromatic rings. The summed E-state index contributed by atoms with van der Waals surface area (Å²) in [4.78, 5) is 41.0. The molecule has 0 radical (unpaired) electrons. The summed E-state index contributed by atoms with van der Waals surface area (Å²) in [6.45, 7) is 6.79. The molecule has 0 bridgehead atoms. The first kappa shape index (κ1) is 22.6. The predicted molar refractivity (Wildman–Crippen MR) is 123 cm³/mol. The molecule has 7 nitrogen and oxygen atoms in total. The van der Waals surface area contributed by atoms with Crippen molar-refractivity contribution < 1.29 is 14.0 Å². The molecule has 0 spiro atoms. The second kappa shape index (κ2) is 9.13. The number of piperazine rings is 1. The molecule has 1 fully saturated rings. The number of rotatable bonds is 4. The fraction of sp³-hybridized carbons (Fsp3) is 0.360. The van der Waals surface area contributed by atoms with Crippen molar-refractivity contribution in [2.45, 2.75) is 33.2 Å². The van der Waals surface area contributed by atoms with Gasteiger partial charge in [-0.2, -0.15) is 5.10 Å².